The van der Waals surface area contributed by atoms with E-state index in [-0.39, 0.29) is 30.1 Å². The molecule has 0 spiro atoms. The first-order valence-corrected chi connectivity index (χ1v) is 12.5. The van der Waals surface area contributed by atoms with Crippen molar-refractivity contribution < 1.29 is 23.1 Å². The van der Waals surface area contributed by atoms with Gasteiger partial charge in [-0.05, 0) is 36.6 Å². The number of amides is 2. The first-order chi connectivity index (χ1) is 17.5. The van der Waals surface area contributed by atoms with Crippen LogP contribution in [0.3, 0.4) is 0 Å². The van der Waals surface area contributed by atoms with Gasteiger partial charge in [0.15, 0.2) is 0 Å². The van der Waals surface area contributed by atoms with Gasteiger partial charge in [-0.3, -0.25) is 14.5 Å². The van der Waals surface area contributed by atoms with Crippen LogP contribution < -0.4 is 0 Å². The summed E-state index contributed by atoms with van der Waals surface area (Å²) in [4.78, 5) is 30.5. The molecule has 0 N–H and O–H groups in total. The molecule has 9 heteroatoms. The number of nitrogens with zero attached hydrogens (tertiary/aromatic N) is 4. The summed E-state index contributed by atoms with van der Waals surface area (Å²) in [6.45, 7) is 3.93. The summed E-state index contributed by atoms with van der Waals surface area (Å²) >= 11 is 0. The Balaban J connectivity index is 1.37. The Morgan fingerprint density at radius 3 is 2.44 bits per heavy atom. The average molecular weight is 497 g/mol. The smallest absolute Gasteiger partial charge is 0.262 e. The van der Waals surface area contributed by atoms with Crippen LogP contribution in [0.25, 0.3) is 0 Å². The maximum absolute atomic E-state index is 14.5. The van der Waals surface area contributed by atoms with Gasteiger partial charge >= 0.3 is 0 Å². The molecule has 1 saturated heterocycles. The highest BCUT2D eigenvalue weighted by molar-refractivity contribution is 6.03. The fourth-order valence-corrected chi connectivity index (χ4v) is 4.72. The van der Waals surface area contributed by atoms with Crippen molar-refractivity contribution in [3.63, 3.8) is 0 Å². The van der Waals surface area contributed by atoms with E-state index in [0.717, 1.165) is 25.9 Å². The molecule has 2 aromatic rings. The quantitative estimate of drug-likeness (QED) is 0.563. The predicted octanol–water partition coefficient (Wildman–Crippen LogP) is 3.21. The Kier molecular flexibility index (Phi) is 7.38. The van der Waals surface area contributed by atoms with E-state index >= 15 is 0 Å². The van der Waals surface area contributed by atoms with Crippen molar-refractivity contribution in [3.8, 4) is 0 Å². The van der Waals surface area contributed by atoms with Gasteiger partial charge in [-0.25, -0.2) is 13.8 Å². The van der Waals surface area contributed by atoms with Gasteiger partial charge in [0.1, 0.15) is 18.2 Å². The van der Waals surface area contributed by atoms with E-state index in [4.69, 9.17) is 4.74 Å². The lowest BCUT2D eigenvalue weighted by Crippen LogP contribution is -2.47. The van der Waals surface area contributed by atoms with Gasteiger partial charge in [0.05, 0.1) is 25.0 Å². The van der Waals surface area contributed by atoms with E-state index < -0.39 is 11.9 Å². The molecule has 2 fully saturated rings. The van der Waals surface area contributed by atoms with Crippen LogP contribution in [-0.4, -0.2) is 78.3 Å². The number of ether oxygens (including phenoxy) is 1. The molecule has 5 rings (SSSR count). The van der Waals surface area contributed by atoms with E-state index in [1.807, 2.05) is 0 Å². The molecule has 3 aliphatic rings. The number of morpholine rings is 1. The van der Waals surface area contributed by atoms with Gasteiger partial charge in [-0.1, -0.05) is 30.3 Å². The standard InChI is InChI=1S/C27H30F2N4O3/c28-21-9-7-19(8-10-21)25-17-24(22-3-1-2-4-23(22)29)30-33(25)26(34)18-32(27(35)20-5-6-20)12-11-31-13-15-36-16-14-31/h1-4,7-10,20,25H,5-6,11-18H2/t25-/m1/s1. The summed E-state index contributed by atoms with van der Waals surface area (Å²) in [5.41, 5.74) is 1.48. The zero-order valence-electron chi connectivity index (χ0n) is 20.1. The summed E-state index contributed by atoms with van der Waals surface area (Å²) in [5, 5.41) is 5.87. The first kappa shape index (κ1) is 24.5. The summed E-state index contributed by atoms with van der Waals surface area (Å²) in [6.07, 6.45) is 1.99. The van der Waals surface area contributed by atoms with Gasteiger partial charge in [-0.2, -0.15) is 5.10 Å². The predicted molar refractivity (Wildman–Crippen MR) is 130 cm³/mol. The molecule has 1 saturated carbocycles. The second-order valence-electron chi connectivity index (χ2n) is 9.52. The highest BCUT2D eigenvalue weighted by Crippen LogP contribution is 2.34. The van der Waals surface area contributed by atoms with E-state index in [0.29, 0.717) is 49.6 Å². The van der Waals surface area contributed by atoms with Gasteiger partial charge in [0.2, 0.25) is 5.91 Å². The monoisotopic (exact) mass is 496 g/mol. The number of hydrogen-bond donors (Lipinski definition) is 0. The molecule has 7 nitrogen and oxygen atoms in total. The molecular weight excluding hydrogens is 466 g/mol. The van der Waals surface area contributed by atoms with Crippen LogP contribution in [-0.2, 0) is 14.3 Å². The lowest BCUT2D eigenvalue weighted by Gasteiger charge is -2.31. The molecule has 1 aliphatic carbocycles. The van der Waals surface area contributed by atoms with Crippen molar-refractivity contribution in [2.75, 3.05) is 45.9 Å². The van der Waals surface area contributed by atoms with Crippen molar-refractivity contribution in [1.29, 1.82) is 0 Å². The van der Waals surface area contributed by atoms with E-state index in [9.17, 15) is 18.4 Å². The normalized spacial score (nSPS) is 20.3. The maximum Gasteiger partial charge on any atom is 0.262 e. The third-order valence-electron chi connectivity index (χ3n) is 6.96. The second-order valence-corrected chi connectivity index (χ2v) is 9.52. The van der Waals surface area contributed by atoms with Crippen LogP contribution in [0.1, 0.15) is 36.4 Å². The molecule has 36 heavy (non-hydrogen) atoms. The number of hydrogen-bond acceptors (Lipinski definition) is 5. The van der Waals surface area contributed by atoms with Crippen molar-refractivity contribution in [3.05, 3.63) is 71.3 Å². The van der Waals surface area contributed by atoms with Crippen LogP contribution in [0.15, 0.2) is 53.6 Å². The van der Waals surface area contributed by atoms with Crippen LogP contribution in [0, 0.1) is 17.6 Å². The van der Waals surface area contributed by atoms with Gasteiger partial charge in [0, 0.05) is 44.1 Å². The van der Waals surface area contributed by atoms with Crippen LogP contribution in [0.2, 0.25) is 0 Å². The van der Waals surface area contributed by atoms with Crippen molar-refractivity contribution in [1.82, 2.24) is 14.8 Å². The minimum Gasteiger partial charge on any atom is -0.379 e. The Hall–Kier alpha value is -3.17. The molecule has 0 radical (unpaired) electrons. The first-order valence-electron chi connectivity index (χ1n) is 12.5. The summed E-state index contributed by atoms with van der Waals surface area (Å²) in [5.74, 6) is -1.17. The third kappa shape index (κ3) is 5.63. The number of carbonyl (C=O) groups is 2. The SMILES string of the molecule is O=C(C1CC1)N(CCN1CCOCC1)CC(=O)N1N=C(c2ccccc2F)C[C@@H]1c1ccc(F)cc1. The van der Waals surface area contributed by atoms with E-state index in [1.165, 1.54) is 23.2 Å². The largest absolute Gasteiger partial charge is 0.379 e. The molecular formula is C27H30F2N4O3. The fourth-order valence-electron chi connectivity index (χ4n) is 4.72. The number of carbonyl (C=O) groups excluding carboxylic acids is 2. The Morgan fingerprint density at radius 1 is 1.03 bits per heavy atom. The maximum atomic E-state index is 14.5. The molecule has 2 aromatic carbocycles. The minimum atomic E-state index is -0.509. The minimum absolute atomic E-state index is 0.00699. The van der Waals surface area contributed by atoms with E-state index in [2.05, 4.69) is 10.0 Å². The summed E-state index contributed by atoms with van der Waals surface area (Å²) in [6, 6.07) is 11.7. The lowest BCUT2D eigenvalue weighted by molar-refractivity contribution is -0.142. The second kappa shape index (κ2) is 10.8. The highest BCUT2D eigenvalue weighted by Gasteiger charge is 2.38. The Morgan fingerprint density at radius 2 is 1.75 bits per heavy atom. The summed E-state index contributed by atoms with van der Waals surface area (Å²) in [7, 11) is 0. The average Bonchev–Trinajstić information content (AvgIpc) is 3.66. The summed E-state index contributed by atoms with van der Waals surface area (Å²) < 4.78 is 33.5. The topological polar surface area (TPSA) is 65.5 Å². The van der Waals surface area contributed by atoms with Gasteiger partial charge in [-0.15, -0.1) is 0 Å². The number of rotatable bonds is 8. The van der Waals surface area contributed by atoms with Crippen LogP contribution in [0.5, 0.6) is 0 Å². The molecule has 0 unspecified atom stereocenters. The third-order valence-corrected chi connectivity index (χ3v) is 6.96. The van der Waals surface area contributed by atoms with Gasteiger partial charge in [0.25, 0.3) is 5.91 Å². The molecule has 0 bridgehead atoms. The zero-order chi connectivity index (χ0) is 25.1. The highest BCUT2D eigenvalue weighted by atomic mass is 19.1. The fraction of sp³-hybridized carbons (Fsp3) is 0.444. The van der Waals surface area contributed by atoms with Crippen molar-refractivity contribution in [2.45, 2.75) is 25.3 Å². The molecule has 0 aromatic heterocycles. The Bertz CT molecular complexity index is 1130. The number of halogens is 2. The molecule has 190 valence electrons. The number of benzene rings is 2. The van der Waals surface area contributed by atoms with Crippen molar-refractivity contribution >= 4 is 17.5 Å². The molecule has 2 aliphatic heterocycles. The van der Waals surface area contributed by atoms with Crippen LogP contribution in [0.4, 0.5) is 8.78 Å². The van der Waals surface area contributed by atoms with Crippen LogP contribution >= 0.6 is 0 Å². The zero-order valence-corrected chi connectivity index (χ0v) is 20.1. The van der Waals surface area contributed by atoms with Crippen molar-refractivity contribution in [2.24, 2.45) is 11.0 Å². The van der Waals surface area contributed by atoms with E-state index in [1.54, 1.807) is 35.2 Å². The Labute approximate surface area is 209 Å². The lowest BCUT2D eigenvalue weighted by atomic mass is 9.98. The molecule has 2 heterocycles. The molecule has 2 amide bonds. The number of hydrazone groups is 1. The van der Waals surface area contributed by atoms with Gasteiger partial charge < -0.3 is 9.64 Å². The molecule has 1 atom stereocenters.